The molecule has 0 aliphatic rings. The normalized spacial score (nSPS) is 10.2. The van der Waals surface area contributed by atoms with Gasteiger partial charge in [0, 0.05) is 23.8 Å². The SMILES string of the molecule is NC(=S)c1ccc(Cl)cc1OCCc1ccncc1. The maximum Gasteiger partial charge on any atom is 0.130 e. The third-order valence-corrected chi connectivity index (χ3v) is 3.06. The molecule has 0 fully saturated rings. The lowest BCUT2D eigenvalue weighted by molar-refractivity contribution is 0.321. The number of nitrogens with two attached hydrogens (primary N) is 1. The molecule has 1 aromatic carbocycles. The Morgan fingerprint density at radius 3 is 2.68 bits per heavy atom. The van der Waals surface area contributed by atoms with Gasteiger partial charge in [-0.2, -0.15) is 0 Å². The molecule has 0 amide bonds. The van der Waals surface area contributed by atoms with Gasteiger partial charge in [0.2, 0.25) is 0 Å². The van der Waals surface area contributed by atoms with Gasteiger partial charge in [-0.25, -0.2) is 0 Å². The maximum absolute atomic E-state index is 5.95. The Bertz CT molecular complexity index is 575. The summed E-state index contributed by atoms with van der Waals surface area (Å²) in [6.07, 6.45) is 4.30. The molecule has 0 aliphatic heterocycles. The van der Waals surface area contributed by atoms with E-state index in [1.54, 1.807) is 30.6 Å². The molecule has 3 nitrogen and oxygen atoms in total. The minimum absolute atomic E-state index is 0.301. The second-order valence-corrected chi connectivity index (χ2v) is 4.83. The van der Waals surface area contributed by atoms with Gasteiger partial charge >= 0.3 is 0 Å². The average Bonchev–Trinajstić information content (AvgIpc) is 2.39. The van der Waals surface area contributed by atoms with Crippen molar-refractivity contribution in [3.05, 3.63) is 58.9 Å². The molecule has 0 unspecified atom stereocenters. The van der Waals surface area contributed by atoms with E-state index < -0.39 is 0 Å². The number of thiocarbonyl (C=S) groups is 1. The molecule has 19 heavy (non-hydrogen) atoms. The van der Waals surface area contributed by atoms with E-state index in [1.807, 2.05) is 12.1 Å². The van der Waals surface area contributed by atoms with E-state index >= 15 is 0 Å². The van der Waals surface area contributed by atoms with Gasteiger partial charge < -0.3 is 10.5 Å². The summed E-state index contributed by atoms with van der Waals surface area (Å²) in [5.74, 6) is 0.619. The molecular weight excluding hydrogens is 280 g/mol. The number of rotatable bonds is 5. The van der Waals surface area contributed by atoms with E-state index in [1.165, 1.54) is 0 Å². The third kappa shape index (κ3) is 3.91. The summed E-state index contributed by atoms with van der Waals surface area (Å²) in [5, 5.41) is 0.596. The van der Waals surface area contributed by atoms with Gasteiger partial charge in [-0.3, -0.25) is 4.98 Å². The summed E-state index contributed by atoms with van der Waals surface area (Å²) >= 11 is 10.9. The highest BCUT2D eigenvalue weighted by molar-refractivity contribution is 7.80. The van der Waals surface area contributed by atoms with E-state index in [9.17, 15) is 0 Å². The quantitative estimate of drug-likeness (QED) is 0.861. The fourth-order valence-corrected chi connectivity index (χ4v) is 1.98. The minimum Gasteiger partial charge on any atom is -0.492 e. The van der Waals surface area contributed by atoms with Crippen LogP contribution in [0.25, 0.3) is 0 Å². The number of nitrogens with zero attached hydrogens (tertiary/aromatic N) is 1. The summed E-state index contributed by atoms with van der Waals surface area (Å²) < 4.78 is 5.71. The lowest BCUT2D eigenvalue weighted by atomic mass is 10.2. The van der Waals surface area contributed by atoms with Crippen LogP contribution in [0.15, 0.2) is 42.7 Å². The minimum atomic E-state index is 0.301. The summed E-state index contributed by atoms with van der Waals surface area (Å²) in [4.78, 5) is 4.27. The Morgan fingerprint density at radius 1 is 1.26 bits per heavy atom. The van der Waals surface area contributed by atoms with Gasteiger partial charge in [0.1, 0.15) is 10.7 Å². The van der Waals surface area contributed by atoms with Crippen molar-refractivity contribution < 1.29 is 4.74 Å². The summed E-state index contributed by atoms with van der Waals surface area (Å²) in [7, 11) is 0. The van der Waals surface area contributed by atoms with Crippen LogP contribution < -0.4 is 10.5 Å². The Hall–Kier alpha value is -1.65. The molecule has 0 spiro atoms. The van der Waals surface area contributed by atoms with Gasteiger partial charge in [0.25, 0.3) is 0 Å². The van der Waals surface area contributed by atoms with E-state index in [2.05, 4.69) is 4.98 Å². The predicted octanol–water partition coefficient (Wildman–Crippen LogP) is 2.99. The van der Waals surface area contributed by atoms with Gasteiger partial charge in [-0.15, -0.1) is 0 Å². The molecule has 2 N–H and O–H groups in total. The Balaban J connectivity index is 2.03. The van der Waals surface area contributed by atoms with Crippen LogP contribution >= 0.6 is 23.8 Å². The van der Waals surface area contributed by atoms with Crippen molar-refractivity contribution in [2.45, 2.75) is 6.42 Å². The van der Waals surface area contributed by atoms with Crippen molar-refractivity contribution in [2.75, 3.05) is 6.61 Å². The Kier molecular flexibility index (Phi) is 4.71. The zero-order valence-corrected chi connectivity index (χ0v) is 11.7. The highest BCUT2D eigenvalue weighted by Crippen LogP contribution is 2.23. The van der Waals surface area contributed by atoms with Gasteiger partial charge in [0.15, 0.2) is 0 Å². The number of halogens is 1. The van der Waals surface area contributed by atoms with Crippen LogP contribution in [0.5, 0.6) is 5.75 Å². The van der Waals surface area contributed by atoms with Crippen LogP contribution in [0.1, 0.15) is 11.1 Å². The van der Waals surface area contributed by atoms with Crippen molar-refractivity contribution in [3.63, 3.8) is 0 Å². The molecule has 0 radical (unpaired) electrons. The number of aromatic nitrogens is 1. The first kappa shape index (κ1) is 13.8. The lowest BCUT2D eigenvalue weighted by Gasteiger charge is -2.11. The molecule has 98 valence electrons. The van der Waals surface area contributed by atoms with Crippen molar-refractivity contribution in [3.8, 4) is 5.75 Å². The first-order chi connectivity index (χ1) is 9.16. The molecule has 1 aromatic heterocycles. The first-order valence-corrected chi connectivity index (χ1v) is 6.56. The highest BCUT2D eigenvalue weighted by atomic mass is 35.5. The average molecular weight is 293 g/mol. The molecule has 0 bridgehead atoms. The van der Waals surface area contributed by atoms with Crippen LogP contribution in [-0.4, -0.2) is 16.6 Å². The topological polar surface area (TPSA) is 48.1 Å². The van der Waals surface area contributed by atoms with Gasteiger partial charge in [0.05, 0.1) is 12.2 Å². The zero-order valence-electron chi connectivity index (χ0n) is 10.2. The molecule has 1 heterocycles. The van der Waals surface area contributed by atoms with Crippen LogP contribution in [0.2, 0.25) is 5.02 Å². The molecule has 0 atom stereocenters. The second kappa shape index (κ2) is 6.50. The van der Waals surface area contributed by atoms with Crippen molar-refractivity contribution in [2.24, 2.45) is 5.73 Å². The fraction of sp³-hybridized carbons (Fsp3) is 0.143. The molecule has 0 aliphatic carbocycles. The van der Waals surface area contributed by atoms with Crippen LogP contribution in [0.3, 0.4) is 0 Å². The summed E-state index contributed by atoms with van der Waals surface area (Å²) in [5.41, 5.74) is 7.51. The maximum atomic E-state index is 5.95. The second-order valence-electron chi connectivity index (χ2n) is 3.96. The smallest absolute Gasteiger partial charge is 0.130 e. The zero-order chi connectivity index (χ0) is 13.7. The number of benzene rings is 1. The van der Waals surface area contributed by atoms with E-state index in [0.717, 1.165) is 12.0 Å². The monoisotopic (exact) mass is 292 g/mol. The highest BCUT2D eigenvalue weighted by Gasteiger charge is 2.07. The first-order valence-electron chi connectivity index (χ1n) is 5.78. The predicted molar refractivity (Wildman–Crippen MR) is 80.8 cm³/mol. The lowest BCUT2D eigenvalue weighted by Crippen LogP contribution is -2.12. The molecule has 0 saturated heterocycles. The Labute approximate surface area is 122 Å². The van der Waals surface area contributed by atoms with Gasteiger partial charge in [-0.1, -0.05) is 23.8 Å². The number of ether oxygens (including phenoxy) is 1. The third-order valence-electron chi connectivity index (χ3n) is 2.61. The number of hydrogen-bond acceptors (Lipinski definition) is 3. The van der Waals surface area contributed by atoms with Gasteiger partial charge in [-0.05, 0) is 35.9 Å². The van der Waals surface area contributed by atoms with E-state index in [0.29, 0.717) is 27.9 Å². The fourth-order valence-electron chi connectivity index (χ4n) is 1.65. The van der Waals surface area contributed by atoms with E-state index in [-0.39, 0.29) is 0 Å². The van der Waals surface area contributed by atoms with Crippen LogP contribution in [0.4, 0.5) is 0 Å². The van der Waals surface area contributed by atoms with Crippen LogP contribution in [0, 0.1) is 0 Å². The van der Waals surface area contributed by atoms with Crippen LogP contribution in [-0.2, 0) is 6.42 Å². The van der Waals surface area contributed by atoms with E-state index in [4.69, 9.17) is 34.3 Å². The molecule has 5 heteroatoms. The molecule has 2 rings (SSSR count). The number of pyridine rings is 1. The summed E-state index contributed by atoms with van der Waals surface area (Å²) in [6.45, 7) is 0.528. The molecular formula is C14H13ClN2OS. The Morgan fingerprint density at radius 2 is 2.00 bits per heavy atom. The molecule has 0 saturated carbocycles. The van der Waals surface area contributed by atoms with Crippen molar-refractivity contribution in [1.29, 1.82) is 0 Å². The van der Waals surface area contributed by atoms with Crippen molar-refractivity contribution in [1.82, 2.24) is 4.98 Å². The standard InChI is InChI=1S/C14H13ClN2OS/c15-11-1-2-12(14(16)19)13(9-11)18-8-5-10-3-6-17-7-4-10/h1-4,6-7,9H,5,8H2,(H2,16,19). The molecule has 2 aromatic rings. The number of hydrogen-bond donors (Lipinski definition) is 1. The largest absolute Gasteiger partial charge is 0.492 e. The summed E-state index contributed by atoms with van der Waals surface area (Å²) in [6, 6.07) is 9.15. The van der Waals surface area contributed by atoms with Crippen molar-refractivity contribution >= 4 is 28.8 Å².